The van der Waals surface area contributed by atoms with Crippen LogP contribution in [0.3, 0.4) is 0 Å². The second-order valence-electron chi connectivity index (χ2n) is 6.01. The minimum absolute atomic E-state index is 0.0332. The van der Waals surface area contributed by atoms with E-state index < -0.39 is 0 Å². The number of hydrogen-bond acceptors (Lipinski definition) is 6. The third kappa shape index (κ3) is 3.32. The molecule has 0 bridgehead atoms. The molecule has 1 aromatic heterocycles. The molecule has 0 saturated heterocycles. The summed E-state index contributed by atoms with van der Waals surface area (Å²) in [6, 6.07) is 5.93. The lowest BCUT2D eigenvalue weighted by Gasteiger charge is -2.23. The topological polar surface area (TPSA) is 60.6 Å². The molecule has 3 rings (SSSR count). The number of hydrogen-bond donors (Lipinski definition) is 0. The summed E-state index contributed by atoms with van der Waals surface area (Å²) in [5, 5.41) is 4.09. The molecule has 1 heterocycles. The average Bonchev–Trinajstić information content (AvgIpc) is 3.31. The lowest BCUT2D eigenvalue weighted by atomic mass is 10.1. The van der Waals surface area contributed by atoms with E-state index in [-0.39, 0.29) is 6.04 Å². The maximum Gasteiger partial charge on any atom is 0.243 e. The predicted molar refractivity (Wildman–Crippen MR) is 85.7 cm³/mol. The fourth-order valence-electron chi connectivity index (χ4n) is 2.60. The van der Waals surface area contributed by atoms with E-state index in [1.807, 2.05) is 25.2 Å². The van der Waals surface area contributed by atoms with Crippen molar-refractivity contribution in [1.29, 1.82) is 0 Å². The Bertz CT molecular complexity index is 667. The summed E-state index contributed by atoms with van der Waals surface area (Å²) < 4.78 is 16.3. The molecule has 1 aliphatic rings. The number of benzene rings is 1. The first-order valence-corrected chi connectivity index (χ1v) is 7.87. The summed E-state index contributed by atoms with van der Waals surface area (Å²) in [6.07, 6.45) is 2.34. The maximum absolute atomic E-state index is 5.49. The molecule has 6 heteroatoms. The minimum atomic E-state index is 0.0332. The van der Waals surface area contributed by atoms with Crippen LogP contribution in [0.2, 0.25) is 0 Å². The van der Waals surface area contributed by atoms with Crippen LogP contribution in [0, 0.1) is 0 Å². The smallest absolute Gasteiger partial charge is 0.243 e. The van der Waals surface area contributed by atoms with E-state index in [2.05, 4.69) is 22.0 Å². The van der Waals surface area contributed by atoms with Crippen LogP contribution in [0.1, 0.15) is 49.0 Å². The highest BCUT2D eigenvalue weighted by atomic mass is 16.5. The molecule has 1 saturated carbocycles. The third-order valence-electron chi connectivity index (χ3n) is 4.32. The van der Waals surface area contributed by atoms with Gasteiger partial charge in [-0.1, -0.05) is 17.3 Å². The van der Waals surface area contributed by atoms with Crippen LogP contribution in [-0.2, 0) is 6.54 Å². The van der Waals surface area contributed by atoms with Crippen molar-refractivity contribution in [1.82, 2.24) is 15.0 Å². The quantitative estimate of drug-likeness (QED) is 0.782. The van der Waals surface area contributed by atoms with Crippen molar-refractivity contribution in [2.75, 3.05) is 21.3 Å². The first-order valence-electron chi connectivity index (χ1n) is 7.87. The van der Waals surface area contributed by atoms with Gasteiger partial charge in [-0.2, -0.15) is 4.98 Å². The molecule has 1 atom stereocenters. The van der Waals surface area contributed by atoms with Gasteiger partial charge in [-0.15, -0.1) is 0 Å². The van der Waals surface area contributed by atoms with Gasteiger partial charge in [0.1, 0.15) is 0 Å². The summed E-state index contributed by atoms with van der Waals surface area (Å²) in [6.45, 7) is 2.76. The van der Waals surface area contributed by atoms with Crippen molar-refractivity contribution in [3.8, 4) is 11.5 Å². The van der Waals surface area contributed by atoms with Gasteiger partial charge in [0.05, 0.1) is 20.3 Å². The van der Waals surface area contributed by atoms with E-state index in [4.69, 9.17) is 14.0 Å². The lowest BCUT2D eigenvalue weighted by Crippen LogP contribution is -2.22. The number of nitrogens with zero attached hydrogens (tertiary/aromatic N) is 3. The normalized spacial score (nSPS) is 15.7. The number of methoxy groups -OCH3 is 2. The van der Waals surface area contributed by atoms with E-state index in [9.17, 15) is 0 Å². The molecule has 0 N–H and O–H groups in total. The molecular formula is C17H23N3O3. The van der Waals surface area contributed by atoms with E-state index in [1.54, 1.807) is 14.2 Å². The number of aromatic nitrogens is 2. The number of para-hydroxylation sites is 1. The molecule has 124 valence electrons. The zero-order valence-electron chi connectivity index (χ0n) is 14.1. The largest absolute Gasteiger partial charge is 0.493 e. The van der Waals surface area contributed by atoms with Crippen molar-refractivity contribution >= 4 is 0 Å². The minimum Gasteiger partial charge on any atom is -0.493 e. The molecule has 1 aliphatic carbocycles. The van der Waals surface area contributed by atoms with Gasteiger partial charge in [0, 0.05) is 18.0 Å². The Morgan fingerprint density at radius 1 is 1.30 bits per heavy atom. The Balaban J connectivity index is 1.73. The van der Waals surface area contributed by atoms with Crippen LogP contribution in [0.25, 0.3) is 0 Å². The van der Waals surface area contributed by atoms with Gasteiger partial charge in [0.15, 0.2) is 17.3 Å². The van der Waals surface area contributed by atoms with Gasteiger partial charge in [0.2, 0.25) is 5.89 Å². The Kier molecular flexibility index (Phi) is 4.52. The van der Waals surface area contributed by atoms with Gasteiger partial charge in [-0.3, -0.25) is 4.90 Å². The Hall–Kier alpha value is -2.08. The highest BCUT2D eigenvalue weighted by Gasteiger charge is 2.30. The van der Waals surface area contributed by atoms with Gasteiger partial charge in [0.25, 0.3) is 0 Å². The van der Waals surface area contributed by atoms with Gasteiger partial charge in [-0.25, -0.2) is 0 Å². The molecule has 1 fully saturated rings. The van der Waals surface area contributed by atoms with Crippen LogP contribution in [0.5, 0.6) is 11.5 Å². The van der Waals surface area contributed by atoms with Crippen molar-refractivity contribution in [3.63, 3.8) is 0 Å². The van der Waals surface area contributed by atoms with Crippen LogP contribution in [0.15, 0.2) is 22.7 Å². The summed E-state index contributed by atoms with van der Waals surface area (Å²) in [5.41, 5.74) is 1.06. The van der Waals surface area contributed by atoms with E-state index in [0.717, 1.165) is 22.9 Å². The number of rotatable bonds is 7. The zero-order valence-corrected chi connectivity index (χ0v) is 14.1. The van der Waals surface area contributed by atoms with Crippen molar-refractivity contribution in [3.05, 3.63) is 35.5 Å². The third-order valence-corrected chi connectivity index (χ3v) is 4.32. The molecule has 1 aromatic carbocycles. The standard InChI is InChI=1S/C17H23N3O3/c1-11(17-18-16(19-23-17)12-8-9-12)20(2)10-13-6-5-7-14(21-3)15(13)22-4/h5-7,11-12H,8-10H2,1-4H3/t11-/m0/s1. The molecule has 0 aliphatic heterocycles. The molecule has 0 spiro atoms. The summed E-state index contributed by atoms with van der Waals surface area (Å²) in [5.74, 6) is 3.51. The lowest BCUT2D eigenvalue weighted by molar-refractivity contribution is 0.200. The fourth-order valence-corrected chi connectivity index (χ4v) is 2.60. The van der Waals surface area contributed by atoms with Gasteiger partial charge in [-0.05, 0) is 32.9 Å². The first kappa shape index (κ1) is 15.8. The molecule has 2 aromatic rings. The van der Waals surface area contributed by atoms with Gasteiger partial charge < -0.3 is 14.0 Å². The highest BCUT2D eigenvalue weighted by molar-refractivity contribution is 5.46. The Labute approximate surface area is 136 Å². The molecule has 23 heavy (non-hydrogen) atoms. The second kappa shape index (κ2) is 6.58. The zero-order chi connectivity index (χ0) is 16.4. The van der Waals surface area contributed by atoms with Crippen LogP contribution >= 0.6 is 0 Å². The molecular weight excluding hydrogens is 294 g/mol. The van der Waals surface area contributed by atoms with E-state index in [0.29, 0.717) is 18.4 Å². The summed E-state index contributed by atoms with van der Waals surface area (Å²) >= 11 is 0. The van der Waals surface area contributed by atoms with Crippen molar-refractivity contribution in [2.24, 2.45) is 0 Å². The number of ether oxygens (including phenoxy) is 2. The van der Waals surface area contributed by atoms with Crippen LogP contribution in [-0.4, -0.2) is 36.3 Å². The average molecular weight is 317 g/mol. The van der Waals surface area contributed by atoms with E-state index in [1.165, 1.54) is 12.8 Å². The SMILES string of the molecule is COc1cccc(CN(C)[C@@H](C)c2nc(C3CC3)no2)c1OC. The Morgan fingerprint density at radius 3 is 2.74 bits per heavy atom. The molecule has 6 nitrogen and oxygen atoms in total. The molecule has 0 amide bonds. The van der Waals surface area contributed by atoms with Crippen LogP contribution < -0.4 is 9.47 Å². The van der Waals surface area contributed by atoms with Crippen molar-refractivity contribution in [2.45, 2.75) is 38.3 Å². The first-order chi connectivity index (χ1) is 11.1. The molecule has 0 radical (unpaired) electrons. The summed E-state index contributed by atoms with van der Waals surface area (Å²) in [7, 11) is 5.33. The fraction of sp³-hybridized carbons (Fsp3) is 0.529. The van der Waals surface area contributed by atoms with Gasteiger partial charge >= 0.3 is 0 Å². The molecule has 0 unspecified atom stereocenters. The maximum atomic E-state index is 5.49. The van der Waals surface area contributed by atoms with Crippen molar-refractivity contribution < 1.29 is 14.0 Å². The van der Waals surface area contributed by atoms with E-state index >= 15 is 0 Å². The Morgan fingerprint density at radius 2 is 2.09 bits per heavy atom. The van der Waals surface area contributed by atoms with Crippen LogP contribution in [0.4, 0.5) is 0 Å². The summed E-state index contributed by atoms with van der Waals surface area (Å²) in [4.78, 5) is 6.69. The highest BCUT2D eigenvalue weighted by Crippen LogP contribution is 2.39. The monoisotopic (exact) mass is 317 g/mol. The predicted octanol–water partition coefficient (Wildman–Crippen LogP) is 3.16. The second-order valence-corrected chi connectivity index (χ2v) is 6.01.